The van der Waals surface area contributed by atoms with Gasteiger partial charge in [0.2, 0.25) is 0 Å². The highest BCUT2D eigenvalue weighted by molar-refractivity contribution is 6.85. The van der Waals surface area contributed by atoms with Gasteiger partial charge in [-0.3, -0.25) is 0 Å². The van der Waals surface area contributed by atoms with Gasteiger partial charge < -0.3 is 25.9 Å². The maximum absolute atomic E-state index is 5.95. The van der Waals surface area contributed by atoms with Gasteiger partial charge in [-0.25, -0.2) is 0 Å². The summed E-state index contributed by atoms with van der Waals surface area (Å²) >= 11 is 0. The zero-order chi connectivity index (χ0) is 15.2. The third-order valence-corrected chi connectivity index (χ3v) is 11.9. The van der Waals surface area contributed by atoms with E-state index in [0.29, 0.717) is 0 Å². The van der Waals surface area contributed by atoms with Crippen LogP contribution in [0.4, 0.5) is 0 Å². The smallest absolute Gasteiger partial charge is 0.390 e. The summed E-state index contributed by atoms with van der Waals surface area (Å²) in [5.74, 6) is 0. The van der Waals surface area contributed by atoms with Gasteiger partial charge in [0.05, 0.1) is 0 Å². The molecule has 0 saturated heterocycles. The Morgan fingerprint density at radius 3 is 1.11 bits per heavy atom. The zero-order valence-electron chi connectivity index (χ0n) is 12.5. The summed E-state index contributed by atoms with van der Waals surface area (Å²) in [6.07, 6.45) is 0. The van der Waals surface area contributed by atoms with Crippen molar-refractivity contribution in [2.75, 3.05) is 28.4 Å². The molecular weight excluding hydrogens is 300 g/mol. The van der Waals surface area contributed by atoms with Gasteiger partial charge in [-0.15, -0.1) is 0 Å². The Hall–Kier alpha value is -0.109. The molecule has 112 valence electrons. The van der Waals surface area contributed by atoms with Gasteiger partial charge in [0, 0.05) is 28.4 Å². The zero-order valence-corrected chi connectivity index (χ0v) is 15.5. The van der Waals surface area contributed by atoms with Crippen LogP contribution < -0.4 is 0 Å². The fourth-order valence-corrected chi connectivity index (χ4v) is 10.5. The fraction of sp³-hybridized carbons (Fsp3) is 0.600. The normalized spacial score (nSPS) is 13.4. The number of hydrogen-bond acceptors (Lipinski definition) is 6. The third kappa shape index (κ3) is 5.06. The molecule has 0 saturated carbocycles. The van der Waals surface area contributed by atoms with Gasteiger partial charge in [-0.05, 0) is 24.5 Å². The van der Waals surface area contributed by atoms with Crippen LogP contribution in [0.3, 0.4) is 0 Å². The minimum Gasteiger partial charge on any atom is -0.390 e. The standard InChI is InChI=1S/C10H24O6Si3/c1-9-18(11-3,12-4)15-17(7,8)16-19(10-2,13-5)14-6/h9-10H,1-2H2,3-8H3. The van der Waals surface area contributed by atoms with Crippen LogP contribution in [0.15, 0.2) is 24.6 Å². The second-order valence-corrected chi connectivity index (χ2v) is 13.3. The number of rotatable bonds is 10. The number of hydrogen-bond donors (Lipinski definition) is 0. The Balaban J connectivity index is 5.07. The van der Waals surface area contributed by atoms with Gasteiger partial charge in [-0.1, -0.05) is 13.2 Å². The SMILES string of the molecule is C=C[Si](OC)(OC)O[Si](C)(C)O[Si](C=C)(OC)OC. The lowest BCUT2D eigenvalue weighted by Crippen LogP contribution is -2.58. The third-order valence-electron chi connectivity index (χ3n) is 2.41. The van der Waals surface area contributed by atoms with Crippen LogP contribution >= 0.6 is 0 Å². The van der Waals surface area contributed by atoms with E-state index in [4.69, 9.17) is 25.9 Å². The highest BCUT2D eigenvalue weighted by Crippen LogP contribution is 2.22. The Morgan fingerprint density at radius 2 is 0.947 bits per heavy atom. The van der Waals surface area contributed by atoms with Crippen LogP contribution in [0, 0.1) is 0 Å². The van der Waals surface area contributed by atoms with Crippen molar-refractivity contribution in [3.8, 4) is 0 Å². The minimum absolute atomic E-state index is 1.52. The molecule has 0 N–H and O–H groups in total. The minimum atomic E-state index is -2.91. The van der Waals surface area contributed by atoms with E-state index in [1.165, 1.54) is 28.4 Å². The van der Waals surface area contributed by atoms with E-state index in [1.54, 1.807) is 11.4 Å². The summed E-state index contributed by atoms with van der Waals surface area (Å²) in [4.78, 5) is 0. The van der Waals surface area contributed by atoms with E-state index in [0.717, 1.165) is 0 Å². The van der Waals surface area contributed by atoms with E-state index >= 15 is 0 Å². The molecule has 0 aliphatic rings. The Bertz CT molecular complexity index is 274. The maximum Gasteiger partial charge on any atom is 0.519 e. The highest BCUT2D eigenvalue weighted by Gasteiger charge is 2.49. The lowest BCUT2D eigenvalue weighted by Gasteiger charge is -2.36. The fourth-order valence-electron chi connectivity index (χ4n) is 1.46. The first-order chi connectivity index (χ1) is 8.78. The van der Waals surface area contributed by atoms with Crippen molar-refractivity contribution in [2.24, 2.45) is 0 Å². The topological polar surface area (TPSA) is 55.4 Å². The molecule has 9 heteroatoms. The van der Waals surface area contributed by atoms with Gasteiger partial charge in [0.15, 0.2) is 0 Å². The molecule has 0 aromatic rings. The average molecular weight is 325 g/mol. The first-order valence-corrected chi connectivity index (χ1v) is 12.1. The van der Waals surface area contributed by atoms with Crippen LogP contribution in [-0.4, -0.2) is 54.6 Å². The summed E-state index contributed by atoms with van der Waals surface area (Å²) in [6.45, 7) is 11.1. The molecule has 19 heavy (non-hydrogen) atoms. The van der Waals surface area contributed by atoms with Crippen LogP contribution in [0.5, 0.6) is 0 Å². The van der Waals surface area contributed by atoms with Crippen LogP contribution in [0.25, 0.3) is 0 Å². The highest BCUT2D eigenvalue weighted by atomic mass is 28.5. The predicted molar refractivity (Wildman–Crippen MR) is 79.6 cm³/mol. The quantitative estimate of drug-likeness (QED) is 0.569. The summed E-state index contributed by atoms with van der Waals surface area (Å²) in [6, 6.07) is 0. The van der Waals surface area contributed by atoms with Crippen molar-refractivity contribution in [2.45, 2.75) is 13.1 Å². The molecule has 0 aliphatic carbocycles. The van der Waals surface area contributed by atoms with Crippen LogP contribution in [0.2, 0.25) is 13.1 Å². The Kier molecular flexibility index (Phi) is 7.57. The summed E-state index contributed by atoms with van der Waals surface area (Å²) in [7, 11) is -2.36. The van der Waals surface area contributed by atoms with Gasteiger partial charge >= 0.3 is 26.2 Å². The largest absolute Gasteiger partial charge is 0.519 e. The first kappa shape index (κ1) is 18.9. The molecule has 0 aromatic carbocycles. The van der Waals surface area contributed by atoms with Crippen LogP contribution in [-0.2, 0) is 25.9 Å². The lowest BCUT2D eigenvalue weighted by molar-refractivity contribution is 0.131. The molecule has 0 rings (SSSR count). The van der Waals surface area contributed by atoms with Gasteiger partial charge in [0.25, 0.3) is 0 Å². The van der Waals surface area contributed by atoms with Crippen molar-refractivity contribution >= 4 is 26.2 Å². The van der Waals surface area contributed by atoms with E-state index in [1.807, 2.05) is 13.1 Å². The van der Waals surface area contributed by atoms with Crippen molar-refractivity contribution in [3.05, 3.63) is 24.6 Å². The van der Waals surface area contributed by atoms with Crippen molar-refractivity contribution < 1.29 is 25.9 Å². The van der Waals surface area contributed by atoms with E-state index < -0.39 is 26.2 Å². The summed E-state index contributed by atoms with van der Waals surface area (Å²) < 4.78 is 33.2. The van der Waals surface area contributed by atoms with Crippen molar-refractivity contribution in [1.29, 1.82) is 0 Å². The molecule has 6 nitrogen and oxygen atoms in total. The average Bonchev–Trinajstić information content (AvgIpc) is 2.42. The monoisotopic (exact) mass is 324 g/mol. The molecule has 0 unspecified atom stereocenters. The van der Waals surface area contributed by atoms with Gasteiger partial charge in [-0.2, -0.15) is 0 Å². The molecule has 0 bridgehead atoms. The molecule has 0 heterocycles. The Morgan fingerprint density at radius 1 is 0.684 bits per heavy atom. The van der Waals surface area contributed by atoms with E-state index in [9.17, 15) is 0 Å². The summed E-state index contributed by atoms with van der Waals surface area (Å²) in [5.41, 5.74) is 3.11. The lowest BCUT2D eigenvalue weighted by atomic mass is 11.3. The second-order valence-electron chi connectivity index (χ2n) is 4.04. The molecular formula is C10H24O6Si3. The van der Waals surface area contributed by atoms with Gasteiger partial charge in [0.1, 0.15) is 0 Å². The van der Waals surface area contributed by atoms with E-state index in [-0.39, 0.29) is 0 Å². The molecule has 0 aliphatic heterocycles. The molecule has 0 fully saturated rings. The predicted octanol–water partition coefficient (Wildman–Crippen LogP) is 1.64. The molecule has 0 spiro atoms. The maximum atomic E-state index is 5.95. The van der Waals surface area contributed by atoms with Crippen molar-refractivity contribution in [3.63, 3.8) is 0 Å². The second kappa shape index (κ2) is 7.61. The molecule has 0 amide bonds. The summed E-state index contributed by atoms with van der Waals surface area (Å²) in [5, 5.41) is 0. The first-order valence-electron chi connectivity index (χ1n) is 5.66. The molecule has 0 atom stereocenters. The Labute approximate surface area is 118 Å². The van der Waals surface area contributed by atoms with Crippen LogP contribution in [0.1, 0.15) is 0 Å². The molecule has 0 aromatic heterocycles. The van der Waals surface area contributed by atoms with Crippen molar-refractivity contribution in [1.82, 2.24) is 0 Å². The van der Waals surface area contributed by atoms with E-state index in [2.05, 4.69) is 13.2 Å². The molecule has 0 radical (unpaired) electrons.